The van der Waals surface area contributed by atoms with Crippen LogP contribution in [0.25, 0.3) is 0 Å². The van der Waals surface area contributed by atoms with Crippen LogP contribution in [-0.4, -0.2) is 65.7 Å². The van der Waals surface area contributed by atoms with Crippen LogP contribution in [0.15, 0.2) is 0 Å². The largest absolute Gasteiger partial charge is 0.376 e. The van der Waals surface area contributed by atoms with Crippen LogP contribution in [0.1, 0.15) is 65.2 Å². The maximum atomic E-state index is 13.2. The third-order valence-corrected chi connectivity index (χ3v) is 7.00. The minimum Gasteiger partial charge on any atom is -0.376 e. The number of piperidine rings is 1. The highest BCUT2D eigenvalue weighted by Crippen LogP contribution is 2.36. The number of rotatable bonds is 5. The minimum atomic E-state index is -0.293. The van der Waals surface area contributed by atoms with E-state index in [1.807, 2.05) is 4.90 Å². The van der Waals surface area contributed by atoms with Gasteiger partial charge in [-0.1, -0.05) is 20.3 Å². The number of nitrogens with one attached hydrogen (secondary N) is 1. The van der Waals surface area contributed by atoms with Crippen molar-refractivity contribution in [2.45, 2.75) is 83.0 Å². The minimum absolute atomic E-state index is 0.0970. The SMILES string of the molecule is CC(C)CC1NC2(CCN(C(=O)C3CCC3)CC2)N(CC2CCCO2)C1=O. The van der Waals surface area contributed by atoms with Crippen molar-refractivity contribution in [3.8, 4) is 0 Å². The molecule has 1 saturated carbocycles. The molecule has 4 aliphatic rings. The highest BCUT2D eigenvalue weighted by molar-refractivity contribution is 5.85. The molecule has 3 saturated heterocycles. The molecule has 0 radical (unpaired) electrons. The molecule has 2 unspecified atom stereocenters. The Morgan fingerprint density at radius 2 is 1.96 bits per heavy atom. The third-order valence-electron chi connectivity index (χ3n) is 7.00. The van der Waals surface area contributed by atoms with Gasteiger partial charge in [-0.3, -0.25) is 14.9 Å². The fraction of sp³-hybridized carbons (Fsp3) is 0.905. The monoisotopic (exact) mass is 377 g/mol. The van der Waals surface area contributed by atoms with Gasteiger partial charge in [0.05, 0.1) is 17.8 Å². The van der Waals surface area contributed by atoms with E-state index >= 15 is 0 Å². The zero-order valence-electron chi connectivity index (χ0n) is 16.9. The average Bonchev–Trinajstić information content (AvgIpc) is 3.17. The second kappa shape index (κ2) is 7.70. The van der Waals surface area contributed by atoms with Gasteiger partial charge < -0.3 is 14.5 Å². The van der Waals surface area contributed by atoms with Gasteiger partial charge in [0.15, 0.2) is 0 Å². The number of likely N-dealkylation sites (tertiary alicyclic amines) is 1. The Hall–Kier alpha value is -1.14. The molecule has 1 N–H and O–H groups in total. The summed E-state index contributed by atoms with van der Waals surface area (Å²) >= 11 is 0. The summed E-state index contributed by atoms with van der Waals surface area (Å²) < 4.78 is 5.84. The Kier molecular flexibility index (Phi) is 5.48. The van der Waals surface area contributed by atoms with Gasteiger partial charge in [0.25, 0.3) is 0 Å². The molecule has 6 heteroatoms. The number of carbonyl (C=O) groups excluding carboxylic acids is 2. The van der Waals surface area contributed by atoms with E-state index < -0.39 is 0 Å². The van der Waals surface area contributed by atoms with E-state index in [0.717, 1.165) is 64.6 Å². The molecule has 3 aliphatic heterocycles. The zero-order chi connectivity index (χ0) is 19.0. The summed E-state index contributed by atoms with van der Waals surface area (Å²) in [6.07, 6.45) is 8.13. The summed E-state index contributed by atoms with van der Waals surface area (Å²) in [5, 5.41) is 3.71. The van der Waals surface area contributed by atoms with Crippen LogP contribution in [0.3, 0.4) is 0 Å². The molecule has 0 aromatic heterocycles. The molecule has 0 aromatic rings. The topological polar surface area (TPSA) is 61.9 Å². The molecule has 2 amide bonds. The van der Waals surface area contributed by atoms with Crippen LogP contribution in [0, 0.1) is 11.8 Å². The molecule has 1 aliphatic carbocycles. The molecule has 27 heavy (non-hydrogen) atoms. The Morgan fingerprint density at radius 1 is 1.22 bits per heavy atom. The molecule has 2 atom stereocenters. The Balaban J connectivity index is 1.45. The van der Waals surface area contributed by atoms with Gasteiger partial charge in [-0.05, 0) is 38.0 Å². The van der Waals surface area contributed by atoms with E-state index in [-0.39, 0.29) is 29.6 Å². The maximum Gasteiger partial charge on any atom is 0.241 e. The van der Waals surface area contributed by atoms with Crippen LogP contribution in [0.2, 0.25) is 0 Å². The lowest BCUT2D eigenvalue weighted by Crippen LogP contribution is -2.61. The van der Waals surface area contributed by atoms with E-state index in [0.29, 0.717) is 18.4 Å². The van der Waals surface area contributed by atoms with E-state index in [1.165, 1.54) is 6.42 Å². The second-order valence-electron chi connectivity index (χ2n) is 9.40. The van der Waals surface area contributed by atoms with Crippen molar-refractivity contribution in [2.24, 2.45) is 11.8 Å². The normalized spacial score (nSPS) is 31.1. The molecular formula is C21H35N3O3. The lowest BCUT2D eigenvalue weighted by molar-refractivity contribution is -0.143. The predicted molar refractivity (Wildman–Crippen MR) is 103 cm³/mol. The predicted octanol–water partition coefficient (Wildman–Crippen LogP) is 2.13. The molecule has 4 rings (SSSR count). The van der Waals surface area contributed by atoms with Crippen LogP contribution in [0.5, 0.6) is 0 Å². The number of hydrogen-bond donors (Lipinski definition) is 1. The molecule has 0 bridgehead atoms. The smallest absolute Gasteiger partial charge is 0.241 e. The van der Waals surface area contributed by atoms with Crippen LogP contribution in [-0.2, 0) is 14.3 Å². The molecule has 1 spiro atoms. The van der Waals surface area contributed by atoms with Crippen molar-refractivity contribution in [2.75, 3.05) is 26.2 Å². The Morgan fingerprint density at radius 3 is 2.52 bits per heavy atom. The van der Waals surface area contributed by atoms with Crippen LogP contribution < -0.4 is 5.32 Å². The first-order chi connectivity index (χ1) is 13.0. The molecular weight excluding hydrogens is 342 g/mol. The molecule has 4 fully saturated rings. The Bertz CT molecular complexity index is 561. The summed E-state index contributed by atoms with van der Waals surface area (Å²) in [6.45, 7) is 7.36. The van der Waals surface area contributed by atoms with Crippen molar-refractivity contribution in [1.29, 1.82) is 0 Å². The van der Waals surface area contributed by atoms with E-state index in [1.54, 1.807) is 0 Å². The van der Waals surface area contributed by atoms with Gasteiger partial charge >= 0.3 is 0 Å². The lowest BCUT2D eigenvalue weighted by Gasteiger charge is -2.46. The highest BCUT2D eigenvalue weighted by atomic mass is 16.5. The summed E-state index contributed by atoms with van der Waals surface area (Å²) in [4.78, 5) is 30.0. The number of hydrogen-bond acceptors (Lipinski definition) is 4. The standard InChI is InChI=1S/C21H35N3O3/c1-15(2)13-18-20(26)24(14-17-7-4-12-27-17)21(22-18)8-10-23(11-9-21)19(25)16-5-3-6-16/h15-18,22H,3-14H2,1-2H3. The van der Waals surface area contributed by atoms with E-state index in [9.17, 15) is 9.59 Å². The van der Waals surface area contributed by atoms with Crippen molar-refractivity contribution in [1.82, 2.24) is 15.1 Å². The fourth-order valence-corrected chi connectivity index (χ4v) is 5.18. The highest BCUT2D eigenvalue weighted by Gasteiger charge is 2.52. The summed E-state index contributed by atoms with van der Waals surface area (Å²) in [6, 6.07) is -0.0970. The van der Waals surface area contributed by atoms with Gasteiger partial charge in [-0.25, -0.2) is 0 Å². The third kappa shape index (κ3) is 3.75. The first kappa shape index (κ1) is 19.2. The first-order valence-electron chi connectivity index (χ1n) is 11.0. The van der Waals surface area contributed by atoms with Crippen LogP contribution in [0.4, 0.5) is 0 Å². The Labute approximate surface area is 163 Å². The van der Waals surface area contributed by atoms with E-state index in [2.05, 4.69) is 24.1 Å². The summed E-state index contributed by atoms with van der Waals surface area (Å²) in [7, 11) is 0. The zero-order valence-corrected chi connectivity index (χ0v) is 16.9. The van der Waals surface area contributed by atoms with Crippen molar-refractivity contribution < 1.29 is 14.3 Å². The van der Waals surface area contributed by atoms with Gasteiger partial charge in [-0.2, -0.15) is 0 Å². The van der Waals surface area contributed by atoms with Gasteiger partial charge in [0, 0.05) is 45.0 Å². The molecule has 6 nitrogen and oxygen atoms in total. The summed E-state index contributed by atoms with van der Waals surface area (Å²) in [5.41, 5.74) is -0.293. The van der Waals surface area contributed by atoms with Crippen LogP contribution >= 0.6 is 0 Å². The molecule has 3 heterocycles. The van der Waals surface area contributed by atoms with Gasteiger partial charge in [0.2, 0.25) is 11.8 Å². The first-order valence-corrected chi connectivity index (χ1v) is 11.0. The van der Waals surface area contributed by atoms with Crippen molar-refractivity contribution >= 4 is 11.8 Å². The van der Waals surface area contributed by atoms with Crippen molar-refractivity contribution in [3.05, 3.63) is 0 Å². The maximum absolute atomic E-state index is 13.2. The molecule has 152 valence electrons. The second-order valence-corrected chi connectivity index (χ2v) is 9.40. The fourth-order valence-electron chi connectivity index (χ4n) is 5.18. The number of nitrogens with zero attached hydrogens (tertiary/aromatic N) is 2. The van der Waals surface area contributed by atoms with E-state index in [4.69, 9.17) is 4.74 Å². The lowest BCUT2D eigenvalue weighted by atomic mass is 9.83. The number of amides is 2. The van der Waals surface area contributed by atoms with Gasteiger partial charge in [-0.15, -0.1) is 0 Å². The summed E-state index contributed by atoms with van der Waals surface area (Å²) in [5.74, 6) is 1.31. The number of carbonyl (C=O) groups is 2. The quantitative estimate of drug-likeness (QED) is 0.797. The average molecular weight is 378 g/mol. The number of ether oxygens (including phenoxy) is 1. The van der Waals surface area contributed by atoms with Gasteiger partial charge in [0.1, 0.15) is 0 Å². The van der Waals surface area contributed by atoms with Crippen molar-refractivity contribution in [3.63, 3.8) is 0 Å². The molecule has 0 aromatic carbocycles.